The number of rotatable bonds is 2. The van der Waals surface area contributed by atoms with Crippen LogP contribution in [0.1, 0.15) is 10.4 Å². The molecule has 1 aliphatic carbocycles. The van der Waals surface area contributed by atoms with Crippen molar-refractivity contribution in [3.8, 4) is 28.2 Å². The molecule has 0 radical (unpaired) electrons. The predicted octanol–water partition coefficient (Wildman–Crippen LogP) is 3.61. The zero-order valence-electron chi connectivity index (χ0n) is 13.5. The number of fused-ring (bicyclic) bond motifs is 2. The largest absolute Gasteiger partial charge is 0.870 e. The van der Waals surface area contributed by atoms with Crippen LogP contribution in [0.2, 0.25) is 0 Å². The van der Waals surface area contributed by atoms with Crippen LogP contribution >= 0.6 is 0 Å². The van der Waals surface area contributed by atoms with Gasteiger partial charge in [0.2, 0.25) is 11.2 Å². The fourth-order valence-corrected chi connectivity index (χ4v) is 3.09. The van der Waals surface area contributed by atoms with Crippen LogP contribution in [-0.4, -0.2) is 11.1 Å². The molecule has 1 heterocycles. The Kier molecular flexibility index (Phi) is 3.66. The normalized spacial score (nSPS) is 11.2. The summed E-state index contributed by atoms with van der Waals surface area (Å²) < 4.78 is 34.0. The summed E-state index contributed by atoms with van der Waals surface area (Å²) in [5, 5.41) is 21.2. The maximum absolute atomic E-state index is 14.4. The van der Waals surface area contributed by atoms with Crippen molar-refractivity contribution in [2.75, 3.05) is 0 Å². The van der Waals surface area contributed by atoms with Crippen LogP contribution in [0.4, 0.5) is 8.78 Å². The fourth-order valence-electron chi connectivity index (χ4n) is 3.09. The van der Waals surface area contributed by atoms with E-state index in [1.807, 2.05) is 0 Å². The summed E-state index contributed by atoms with van der Waals surface area (Å²) in [6, 6.07) is 10.4. The molecule has 1 aliphatic heterocycles. The van der Waals surface area contributed by atoms with E-state index in [1.54, 1.807) is 6.07 Å². The van der Waals surface area contributed by atoms with E-state index < -0.39 is 40.1 Å². The van der Waals surface area contributed by atoms with Crippen molar-refractivity contribution in [1.82, 2.24) is 0 Å². The number of carboxylic acids is 1. The summed E-state index contributed by atoms with van der Waals surface area (Å²) in [5.74, 6) is -5.26. The molecule has 0 atom stereocenters. The second-order valence-electron chi connectivity index (χ2n) is 5.84. The van der Waals surface area contributed by atoms with Crippen molar-refractivity contribution in [3.63, 3.8) is 0 Å². The first-order valence-electron chi connectivity index (χ1n) is 7.77. The third kappa shape index (κ3) is 2.43. The van der Waals surface area contributed by atoms with Gasteiger partial charge in [-0.2, -0.15) is 4.39 Å². The summed E-state index contributed by atoms with van der Waals surface area (Å²) >= 11 is 0. The van der Waals surface area contributed by atoms with Gasteiger partial charge in [-0.15, -0.1) is 0 Å². The predicted molar refractivity (Wildman–Crippen MR) is 90.9 cm³/mol. The Morgan fingerprint density at radius 3 is 2.44 bits per heavy atom. The van der Waals surface area contributed by atoms with Crippen LogP contribution in [0.5, 0.6) is 5.75 Å². The SMILES string of the molecule is O=C(O)c1ccccc1-c1c2ccc(=O)c(F)c-2oc2c(F)c([O-])ccc12. The number of carboxylic acid groups (broad SMARTS) is 1. The van der Waals surface area contributed by atoms with Crippen LogP contribution in [0.3, 0.4) is 0 Å². The Bertz CT molecular complexity index is 1260. The molecule has 0 aromatic heterocycles. The van der Waals surface area contributed by atoms with Crippen molar-refractivity contribution >= 4 is 16.9 Å². The van der Waals surface area contributed by atoms with E-state index in [4.69, 9.17) is 4.42 Å². The van der Waals surface area contributed by atoms with E-state index in [0.717, 1.165) is 12.1 Å². The van der Waals surface area contributed by atoms with Gasteiger partial charge in [0.25, 0.3) is 0 Å². The fraction of sp³-hybridized carbons (Fsp3) is 0. The van der Waals surface area contributed by atoms with Crippen molar-refractivity contribution in [2.45, 2.75) is 0 Å². The third-order valence-electron chi connectivity index (χ3n) is 4.29. The number of carbonyl (C=O) groups is 1. The molecule has 0 amide bonds. The molecule has 1 N–H and O–H groups in total. The molecule has 0 unspecified atom stereocenters. The number of aromatic carboxylic acids is 1. The zero-order chi connectivity index (χ0) is 19.3. The van der Waals surface area contributed by atoms with Gasteiger partial charge in [-0.05, 0) is 23.8 Å². The van der Waals surface area contributed by atoms with Crippen LogP contribution in [0, 0.1) is 11.6 Å². The second kappa shape index (κ2) is 5.91. The molecule has 4 rings (SSSR count). The van der Waals surface area contributed by atoms with Crippen molar-refractivity contribution in [3.05, 3.63) is 76.0 Å². The number of benzene rings is 3. The van der Waals surface area contributed by atoms with Crippen LogP contribution in [0.15, 0.2) is 57.7 Å². The van der Waals surface area contributed by atoms with Gasteiger partial charge in [0.1, 0.15) is 0 Å². The Labute approximate surface area is 150 Å². The first-order chi connectivity index (χ1) is 12.9. The van der Waals surface area contributed by atoms with Gasteiger partial charge in [0.15, 0.2) is 17.2 Å². The molecule has 0 fully saturated rings. The van der Waals surface area contributed by atoms with E-state index >= 15 is 0 Å². The lowest BCUT2D eigenvalue weighted by Gasteiger charge is -2.18. The molecular weight excluding hydrogens is 358 g/mol. The zero-order valence-corrected chi connectivity index (χ0v) is 13.5. The standard InChI is InChI=1S/C20H10F2O5/c21-16-13(23)7-5-11-15(9-3-1-2-4-10(9)20(25)26)12-6-8-14(24)17(22)19(12)27-18(11)16/h1-8,23H,(H,25,26)/p-1. The monoisotopic (exact) mass is 367 g/mol. The molecule has 2 aromatic carbocycles. The third-order valence-corrected chi connectivity index (χ3v) is 4.29. The van der Waals surface area contributed by atoms with Gasteiger partial charge < -0.3 is 14.6 Å². The lowest BCUT2D eigenvalue weighted by Crippen LogP contribution is -2.09. The maximum Gasteiger partial charge on any atom is 0.336 e. The van der Waals surface area contributed by atoms with Crippen LogP contribution < -0.4 is 10.5 Å². The smallest absolute Gasteiger partial charge is 0.336 e. The highest BCUT2D eigenvalue weighted by Crippen LogP contribution is 2.43. The summed E-state index contributed by atoms with van der Waals surface area (Å²) in [4.78, 5) is 23.3. The van der Waals surface area contributed by atoms with E-state index in [9.17, 15) is 28.6 Å². The molecule has 0 saturated heterocycles. The minimum Gasteiger partial charge on any atom is -0.870 e. The van der Waals surface area contributed by atoms with Gasteiger partial charge in [0, 0.05) is 16.5 Å². The maximum atomic E-state index is 14.4. The van der Waals surface area contributed by atoms with Gasteiger partial charge in [-0.25, -0.2) is 9.18 Å². The summed E-state index contributed by atoms with van der Waals surface area (Å²) in [6.45, 7) is 0. The lowest BCUT2D eigenvalue weighted by atomic mass is 9.90. The number of halogens is 2. The topological polar surface area (TPSA) is 90.6 Å². The molecule has 2 aliphatic rings. The van der Waals surface area contributed by atoms with Gasteiger partial charge in [-0.3, -0.25) is 4.79 Å². The van der Waals surface area contributed by atoms with E-state index in [-0.39, 0.29) is 27.6 Å². The van der Waals surface area contributed by atoms with Crippen molar-refractivity contribution < 1.29 is 28.2 Å². The minimum absolute atomic E-state index is 0.0892. The summed E-state index contributed by atoms with van der Waals surface area (Å²) in [6.07, 6.45) is 0. The first-order valence-corrected chi connectivity index (χ1v) is 7.77. The highest BCUT2D eigenvalue weighted by molar-refractivity contribution is 6.07. The second-order valence-corrected chi connectivity index (χ2v) is 5.84. The Balaban J connectivity index is 2.29. The molecule has 2 aromatic rings. The molecule has 0 saturated carbocycles. The molecular formula is C20H9F2O5-. The summed E-state index contributed by atoms with van der Waals surface area (Å²) in [7, 11) is 0. The number of hydrogen-bond acceptors (Lipinski definition) is 4. The molecule has 7 heteroatoms. The van der Waals surface area contributed by atoms with Crippen molar-refractivity contribution in [2.24, 2.45) is 0 Å². The van der Waals surface area contributed by atoms with Crippen LogP contribution in [-0.2, 0) is 0 Å². The minimum atomic E-state index is -1.25. The molecule has 27 heavy (non-hydrogen) atoms. The Morgan fingerprint density at radius 1 is 0.963 bits per heavy atom. The van der Waals surface area contributed by atoms with Gasteiger partial charge >= 0.3 is 5.97 Å². The summed E-state index contributed by atoms with van der Waals surface area (Å²) in [5.41, 5.74) is -1.21. The Hall–Kier alpha value is -3.74. The molecule has 0 spiro atoms. The average Bonchev–Trinajstić information content (AvgIpc) is 2.66. The molecule has 5 nitrogen and oxygen atoms in total. The van der Waals surface area contributed by atoms with Gasteiger partial charge in [-0.1, -0.05) is 36.1 Å². The van der Waals surface area contributed by atoms with E-state index in [2.05, 4.69) is 0 Å². The highest BCUT2D eigenvalue weighted by Gasteiger charge is 2.25. The number of hydrogen-bond donors (Lipinski definition) is 1. The quantitative estimate of drug-likeness (QED) is 0.547. The first kappa shape index (κ1) is 16.7. The highest BCUT2D eigenvalue weighted by atomic mass is 19.1. The van der Waals surface area contributed by atoms with Crippen LogP contribution in [0.25, 0.3) is 33.4 Å². The average molecular weight is 367 g/mol. The van der Waals surface area contributed by atoms with E-state index in [1.165, 1.54) is 30.3 Å². The van der Waals surface area contributed by atoms with Crippen molar-refractivity contribution in [1.29, 1.82) is 0 Å². The lowest BCUT2D eigenvalue weighted by molar-refractivity contribution is -0.272. The molecule has 0 bridgehead atoms. The Morgan fingerprint density at radius 2 is 1.70 bits per heavy atom. The van der Waals surface area contributed by atoms with Gasteiger partial charge in [0.05, 0.1) is 5.56 Å². The molecule has 134 valence electrons. The van der Waals surface area contributed by atoms with E-state index in [0.29, 0.717) is 0 Å².